The average molecular weight is 441 g/mol. The Balaban J connectivity index is 1.97. The minimum absolute atomic E-state index is 0.476. The van der Waals surface area contributed by atoms with Gasteiger partial charge in [-0.05, 0) is 50.1 Å². The maximum absolute atomic E-state index is 6.66. The maximum Gasteiger partial charge on any atom is 0.337 e. The van der Waals surface area contributed by atoms with Gasteiger partial charge in [-0.15, -0.1) is 0 Å². The van der Waals surface area contributed by atoms with Gasteiger partial charge in [-0.2, -0.15) is 0 Å². The van der Waals surface area contributed by atoms with Gasteiger partial charge >= 0.3 is 8.56 Å². The average Bonchev–Trinajstić information content (AvgIpc) is 2.77. The summed E-state index contributed by atoms with van der Waals surface area (Å²) in [5.41, 5.74) is 0. The quantitative estimate of drug-likeness (QED) is 0.138. The molecule has 1 saturated carbocycles. The minimum Gasteiger partial charge on any atom is -0.394 e. The zero-order chi connectivity index (χ0) is 21.9. The van der Waals surface area contributed by atoms with Crippen LogP contribution in [-0.4, -0.2) is 21.3 Å². The third-order valence-corrected chi connectivity index (χ3v) is 10.9. The van der Waals surface area contributed by atoms with Crippen molar-refractivity contribution in [1.82, 2.24) is 0 Å². The lowest BCUT2D eigenvalue weighted by Crippen LogP contribution is -2.45. The van der Waals surface area contributed by atoms with Crippen LogP contribution in [-0.2, 0) is 8.85 Å². The zero-order valence-corrected chi connectivity index (χ0v) is 22.3. The van der Waals surface area contributed by atoms with Crippen molar-refractivity contribution in [2.75, 3.05) is 6.61 Å². The van der Waals surface area contributed by atoms with E-state index >= 15 is 0 Å². The Morgan fingerprint density at radius 1 is 0.600 bits per heavy atom. The molecule has 0 aromatic carbocycles. The molecule has 1 aliphatic rings. The molecule has 0 spiro atoms. The van der Waals surface area contributed by atoms with E-state index in [1.165, 1.54) is 116 Å². The molecule has 30 heavy (non-hydrogen) atoms. The predicted octanol–water partition coefficient (Wildman–Crippen LogP) is 9.56. The third kappa shape index (κ3) is 13.5. The van der Waals surface area contributed by atoms with E-state index in [0.29, 0.717) is 6.10 Å². The highest BCUT2D eigenvalue weighted by molar-refractivity contribution is 6.67. The van der Waals surface area contributed by atoms with Gasteiger partial charge in [-0.25, -0.2) is 0 Å². The van der Waals surface area contributed by atoms with E-state index < -0.39 is 8.56 Å². The van der Waals surface area contributed by atoms with Gasteiger partial charge in [-0.1, -0.05) is 111 Å². The van der Waals surface area contributed by atoms with E-state index in [1.54, 1.807) is 0 Å². The molecular weight excluding hydrogens is 384 g/mol. The lowest BCUT2D eigenvalue weighted by molar-refractivity contribution is 0.0756. The second kappa shape index (κ2) is 18.7. The van der Waals surface area contributed by atoms with Gasteiger partial charge in [0.2, 0.25) is 0 Å². The second-order valence-electron chi connectivity index (χ2n) is 10.1. The van der Waals surface area contributed by atoms with Gasteiger partial charge < -0.3 is 8.85 Å². The number of unbranched alkanes of at least 4 members (excludes halogenated alkanes) is 13. The molecule has 0 atom stereocenters. The van der Waals surface area contributed by atoms with Crippen molar-refractivity contribution >= 4 is 8.56 Å². The fourth-order valence-electron chi connectivity index (χ4n) is 4.86. The first-order valence-electron chi connectivity index (χ1n) is 14.0. The topological polar surface area (TPSA) is 18.5 Å². The Labute approximate surface area is 191 Å². The highest BCUT2D eigenvalue weighted by Crippen LogP contribution is 2.30. The molecule has 0 amide bonds. The van der Waals surface area contributed by atoms with Crippen LogP contribution in [0.25, 0.3) is 0 Å². The summed E-state index contributed by atoms with van der Waals surface area (Å²) in [6, 6.07) is 2.21. The number of hydrogen-bond acceptors (Lipinski definition) is 2. The van der Waals surface area contributed by atoms with Crippen molar-refractivity contribution in [3.05, 3.63) is 0 Å². The van der Waals surface area contributed by atoms with E-state index in [-0.39, 0.29) is 0 Å². The largest absolute Gasteiger partial charge is 0.394 e. The Kier molecular flexibility index (Phi) is 17.5. The van der Waals surface area contributed by atoms with Crippen LogP contribution in [0.2, 0.25) is 12.1 Å². The Morgan fingerprint density at radius 2 is 1.03 bits per heavy atom. The molecule has 0 radical (unpaired) electrons. The third-order valence-electron chi connectivity index (χ3n) is 7.28. The summed E-state index contributed by atoms with van der Waals surface area (Å²) in [5, 5.41) is 0. The van der Waals surface area contributed by atoms with Gasteiger partial charge in [0.05, 0.1) is 0 Å². The summed E-state index contributed by atoms with van der Waals surface area (Å²) < 4.78 is 13.1. The highest BCUT2D eigenvalue weighted by atomic mass is 28.4. The molecule has 0 saturated heterocycles. The van der Waals surface area contributed by atoms with Crippen LogP contribution >= 0.6 is 0 Å². The SMILES string of the molecule is CCCCCCCCCCCCCCCCO[Si](CC)(CC)OC1CCC(C)CC1. The van der Waals surface area contributed by atoms with Gasteiger partial charge in [-0.3, -0.25) is 0 Å². The molecule has 3 heteroatoms. The molecule has 0 aromatic heterocycles. The molecule has 0 unspecified atom stereocenters. The van der Waals surface area contributed by atoms with Crippen LogP contribution in [0.1, 0.15) is 143 Å². The molecule has 180 valence electrons. The molecule has 0 bridgehead atoms. The fraction of sp³-hybridized carbons (Fsp3) is 1.00. The fourth-order valence-corrected chi connectivity index (χ4v) is 7.53. The summed E-state index contributed by atoms with van der Waals surface area (Å²) in [6.07, 6.45) is 25.4. The van der Waals surface area contributed by atoms with Gasteiger partial charge in [0, 0.05) is 12.7 Å². The predicted molar refractivity (Wildman–Crippen MR) is 135 cm³/mol. The summed E-state index contributed by atoms with van der Waals surface area (Å²) in [4.78, 5) is 0. The van der Waals surface area contributed by atoms with Crippen molar-refractivity contribution in [3.63, 3.8) is 0 Å². The normalized spacial score (nSPS) is 20.0. The molecule has 1 fully saturated rings. The summed E-state index contributed by atoms with van der Waals surface area (Å²) in [6.45, 7) is 10.2. The molecule has 1 aliphatic carbocycles. The van der Waals surface area contributed by atoms with E-state index in [4.69, 9.17) is 8.85 Å². The van der Waals surface area contributed by atoms with Crippen LogP contribution in [0.15, 0.2) is 0 Å². The Hall–Kier alpha value is 0.137. The van der Waals surface area contributed by atoms with E-state index in [1.807, 2.05) is 0 Å². The molecular formula is C27H56O2Si. The van der Waals surface area contributed by atoms with Crippen molar-refractivity contribution < 1.29 is 8.85 Å². The molecule has 0 aromatic rings. The van der Waals surface area contributed by atoms with E-state index in [0.717, 1.165) is 24.6 Å². The summed E-state index contributed by atoms with van der Waals surface area (Å²) in [7, 11) is -1.96. The summed E-state index contributed by atoms with van der Waals surface area (Å²) in [5.74, 6) is 0.889. The maximum atomic E-state index is 6.66. The van der Waals surface area contributed by atoms with E-state index in [9.17, 15) is 0 Å². The molecule has 0 N–H and O–H groups in total. The minimum atomic E-state index is -1.96. The smallest absolute Gasteiger partial charge is 0.337 e. The standard InChI is InChI=1S/C27H56O2Si/c1-5-8-9-10-11-12-13-14-15-16-17-18-19-20-25-28-30(6-2,7-3)29-27-23-21-26(4)22-24-27/h26-27H,5-25H2,1-4H3. The molecule has 1 rings (SSSR count). The van der Waals surface area contributed by atoms with Crippen LogP contribution in [0, 0.1) is 5.92 Å². The highest BCUT2D eigenvalue weighted by Gasteiger charge is 2.37. The first kappa shape index (κ1) is 28.2. The molecule has 2 nitrogen and oxygen atoms in total. The van der Waals surface area contributed by atoms with Crippen LogP contribution in [0.4, 0.5) is 0 Å². The molecule has 0 aliphatic heterocycles. The van der Waals surface area contributed by atoms with Gasteiger partial charge in [0.15, 0.2) is 0 Å². The first-order valence-corrected chi connectivity index (χ1v) is 16.2. The lowest BCUT2D eigenvalue weighted by atomic mass is 9.89. The zero-order valence-electron chi connectivity index (χ0n) is 21.3. The first-order chi connectivity index (χ1) is 14.7. The van der Waals surface area contributed by atoms with Crippen molar-refractivity contribution in [1.29, 1.82) is 0 Å². The monoisotopic (exact) mass is 440 g/mol. The van der Waals surface area contributed by atoms with E-state index in [2.05, 4.69) is 27.7 Å². The number of hydrogen-bond donors (Lipinski definition) is 0. The second-order valence-corrected chi connectivity index (χ2v) is 13.8. The number of rotatable bonds is 20. The van der Waals surface area contributed by atoms with Crippen molar-refractivity contribution in [2.45, 2.75) is 161 Å². The summed E-state index contributed by atoms with van der Waals surface area (Å²) >= 11 is 0. The van der Waals surface area contributed by atoms with Crippen LogP contribution in [0.5, 0.6) is 0 Å². The van der Waals surface area contributed by atoms with Crippen molar-refractivity contribution in [2.24, 2.45) is 5.92 Å². The van der Waals surface area contributed by atoms with Crippen molar-refractivity contribution in [3.8, 4) is 0 Å². The lowest BCUT2D eigenvalue weighted by Gasteiger charge is -2.36. The van der Waals surface area contributed by atoms with Crippen LogP contribution in [0.3, 0.4) is 0 Å². The Bertz CT molecular complexity index is 362. The van der Waals surface area contributed by atoms with Gasteiger partial charge in [0.1, 0.15) is 0 Å². The molecule has 0 heterocycles. The Morgan fingerprint density at radius 3 is 1.47 bits per heavy atom. The van der Waals surface area contributed by atoms with Crippen LogP contribution < -0.4 is 0 Å². The van der Waals surface area contributed by atoms with Gasteiger partial charge in [0.25, 0.3) is 0 Å².